The molecule has 0 saturated carbocycles. The molecule has 6 nitrogen and oxygen atoms in total. The Kier molecular flexibility index (Phi) is 9.46. The topological polar surface area (TPSA) is 79.4 Å². The van der Waals surface area contributed by atoms with Gasteiger partial charge in [0.05, 0.1) is 24.1 Å². The summed E-state index contributed by atoms with van der Waals surface area (Å²) in [6, 6.07) is 13.9. The second-order valence-electron chi connectivity index (χ2n) is 8.09. The number of aromatic amines is 1. The van der Waals surface area contributed by atoms with Gasteiger partial charge in [-0.2, -0.15) is 23.4 Å². The number of nitrogens with zero attached hydrogens (tertiary/aromatic N) is 2. The van der Waals surface area contributed by atoms with Crippen molar-refractivity contribution in [3.05, 3.63) is 71.4 Å². The fourth-order valence-corrected chi connectivity index (χ4v) is 3.47. The number of benzene rings is 2. The van der Waals surface area contributed by atoms with Gasteiger partial charge >= 0.3 is 6.18 Å². The third-order valence-corrected chi connectivity index (χ3v) is 5.38. The number of carbonyl (C=O) groups excluding carboxylic acids is 1. The predicted octanol–water partition coefficient (Wildman–Crippen LogP) is 6.60. The smallest absolute Gasteiger partial charge is 0.417 e. The zero-order chi connectivity index (χ0) is 25.1. The maximum atomic E-state index is 13.0. The normalized spacial score (nSPS) is 11.7. The van der Waals surface area contributed by atoms with Crippen molar-refractivity contribution in [1.82, 2.24) is 15.6 Å². The number of halogens is 3. The van der Waals surface area contributed by atoms with Gasteiger partial charge in [0.2, 0.25) is 0 Å². The van der Waals surface area contributed by atoms with Crippen LogP contribution in [0.5, 0.6) is 5.75 Å². The Labute approximate surface area is 202 Å². The van der Waals surface area contributed by atoms with Crippen molar-refractivity contribution in [2.24, 2.45) is 5.10 Å². The minimum absolute atomic E-state index is 0.129. The lowest BCUT2D eigenvalue weighted by atomic mass is 10.1. The molecule has 0 aliphatic heterocycles. The summed E-state index contributed by atoms with van der Waals surface area (Å²) in [7, 11) is 0. The first-order valence-electron chi connectivity index (χ1n) is 11.7. The molecule has 2 N–H and O–H groups in total. The molecular formula is C26H29F3N4O2. The lowest BCUT2D eigenvalue weighted by Crippen LogP contribution is -2.18. The fourth-order valence-electron chi connectivity index (χ4n) is 3.47. The average Bonchev–Trinajstić information content (AvgIpc) is 3.34. The number of unbranched alkanes of at least 4 members (excludes halogenated alkanes) is 5. The number of H-pyrrole nitrogens is 1. The molecule has 186 valence electrons. The highest BCUT2D eigenvalue weighted by molar-refractivity contribution is 5.94. The van der Waals surface area contributed by atoms with Crippen molar-refractivity contribution < 1.29 is 22.7 Å². The summed E-state index contributed by atoms with van der Waals surface area (Å²) in [5.41, 5.74) is 2.70. The van der Waals surface area contributed by atoms with Crippen LogP contribution in [0.4, 0.5) is 13.2 Å². The lowest BCUT2D eigenvalue weighted by Gasteiger charge is -2.09. The Morgan fingerprint density at radius 1 is 1.06 bits per heavy atom. The van der Waals surface area contributed by atoms with Crippen molar-refractivity contribution in [2.45, 2.75) is 51.6 Å². The van der Waals surface area contributed by atoms with Gasteiger partial charge in [0.15, 0.2) is 0 Å². The number of hydrogen-bond acceptors (Lipinski definition) is 4. The number of amides is 1. The van der Waals surface area contributed by atoms with E-state index in [0.29, 0.717) is 12.3 Å². The maximum absolute atomic E-state index is 13.0. The Bertz CT molecular complexity index is 1110. The molecule has 35 heavy (non-hydrogen) atoms. The van der Waals surface area contributed by atoms with Crippen LogP contribution in [0.25, 0.3) is 11.3 Å². The van der Waals surface area contributed by atoms with Crippen LogP contribution in [0.15, 0.2) is 59.7 Å². The largest absolute Gasteiger partial charge is 0.494 e. The van der Waals surface area contributed by atoms with Gasteiger partial charge in [-0.3, -0.25) is 9.89 Å². The Morgan fingerprint density at radius 2 is 1.77 bits per heavy atom. The molecule has 1 heterocycles. The van der Waals surface area contributed by atoms with Crippen LogP contribution in [0.2, 0.25) is 0 Å². The molecule has 9 heteroatoms. The highest BCUT2D eigenvalue weighted by Gasteiger charge is 2.32. The van der Waals surface area contributed by atoms with Gasteiger partial charge in [-0.25, -0.2) is 5.43 Å². The number of hydrogen-bond donors (Lipinski definition) is 2. The number of ether oxygens (including phenoxy) is 1. The molecule has 1 amide bonds. The third-order valence-electron chi connectivity index (χ3n) is 5.38. The predicted molar refractivity (Wildman–Crippen MR) is 129 cm³/mol. The summed E-state index contributed by atoms with van der Waals surface area (Å²) in [5, 5.41) is 10.4. The average molecular weight is 487 g/mol. The molecule has 0 unspecified atom stereocenters. The van der Waals surface area contributed by atoms with E-state index in [1.165, 1.54) is 43.9 Å². The summed E-state index contributed by atoms with van der Waals surface area (Å²) in [4.78, 5) is 12.3. The Morgan fingerprint density at radius 3 is 2.51 bits per heavy atom. The number of aromatic nitrogens is 2. The molecule has 0 radical (unpaired) electrons. The Hall–Kier alpha value is -3.62. The molecule has 3 rings (SSSR count). The molecule has 0 saturated heterocycles. The molecule has 0 bridgehead atoms. The van der Waals surface area contributed by atoms with Crippen LogP contribution in [0.3, 0.4) is 0 Å². The summed E-state index contributed by atoms with van der Waals surface area (Å²) in [6.45, 7) is 2.87. The zero-order valence-corrected chi connectivity index (χ0v) is 19.6. The quantitative estimate of drug-likeness (QED) is 0.172. The first-order valence-corrected chi connectivity index (χ1v) is 11.7. The van der Waals surface area contributed by atoms with Crippen molar-refractivity contribution in [1.29, 1.82) is 0 Å². The third kappa shape index (κ3) is 7.98. The van der Waals surface area contributed by atoms with Crippen molar-refractivity contribution in [2.75, 3.05) is 6.61 Å². The van der Waals surface area contributed by atoms with Crippen molar-refractivity contribution in [3.8, 4) is 17.0 Å². The van der Waals surface area contributed by atoms with Gasteiger partial charge in [0.25, 0.3) is 5.91 Å². The number of nitrogens with one attached hydrogen (secondary N) is 2. The summed E-state index contributed by atoms with van der Waals surface area (Å²) in [6.07, 6.45) is 3.65. The van der Waals surface area contributed by atoms with Crippen LogP contribution in [-0.4, -0.2) is 28.9 Å². The molecular weight excluding hydrogens is 457 g/mol. The molecule has 0 spiro atoms. The van der Waals surface area contributed by atoms with E-state index < -0.39 is 17.6 Å². The maximum Gasteiger partial charge on any atom is 0.417 e. The van der Waals surface area contributed by atoms with Crippen LogP contribution in [0, 0.1) is 0 Å². The minimum Gasteiger partial charge on any atom is -0.494 e. The van der Waals surface area contributed by atoms with E-state index in [2.05, 4.69) is 27.6 Å². The van der Waals surface area contributed by atoms with Crippen LogP contribution in [-0.2, 0) is 6.18 Å². The number of alkyl halides is 3. The minimum atomic E-state index is -4.51. The van der Waals surface area contributed by atoms with Gasteiger partial charge in [-0.05, 0) is 42.8 Å². The first-order chi connectivity index (χ1) is 16.9. The van der Waals surface area contributed by atoms with E-state index in [1.807, 2.05) is 24.3 Å². The molecule has 1 aromatic heterocycles. The SMILES string of the molecule is CCCCCCCCOc1ccc(-c2cc(C(=O)NN=Cc3ccccc3C(F)(F)F)[nH]n2)cc1. The molecule has 0 atom stereocenters. The number of carbonyl (C=O) groups is 1. The molecule has 2 aromatic carbocycles. The number of rotatable bonds is 12. The van der Waals surface area contributed by atoms with Crippen LogP contribution in [0.1, 0.15) is 67.1 Å². The summed E-state index contributed by atoms with van der Waals surface area (Å²) >= 11 is 0. The van der Waals surface area contributed by atoms with Gasteiger partial charge in [0, 0.05) is 11.1 Å². The summed E-state index contributed by atoms with van der Waals surface area (Å²) in [5.74, 6) is 0.146. The van der Waals surface area contributed by atoms with E-state index in [4.69, 9.17) is 4.74 Å². The monoisotopic (exact) mass is 486 g/mol. The fraction of sp³-hybridized carbons (Fsp3) is 0.346. The van der Waals surface area contributed by atoms with E-state index in [0.717, 1.165) is 36.4 Å². The van der Waals surface area contributed by atoms with Crippen molar-refractivity contribution in [3.63, 3.8) is 0 Å². The molecule has 0 aliphatic rings. The second-order valence-corrected chi connectivity index (χ2v) is 8.09. The molecule has 3 aromatic rings. The van der Waals surface area contributed by atoms with Crippen LogP contribution < -0.4 is 10.2 Å². The van der Waals surface area contributed by atoms with E-state index >= 15 is 0 Å². The van der Waals surface area contributed by atoms with E-state index in [9.17, 15) is 18.0 Å². The lowest BCUT2D eigenvalue weighted by molar-refractivity contribution is -0.137. The van der Waals surface area contributed by atoms with Gasteiger partial charge < -0.3 is 4.74 Å². The van der Waals surface area contributed by atoms with E-state index in [-0.39, 0.29) is 11.3 Å². The van der Waals surface area contributed by atoms with Crippen molar-refractivity contribution >= 4 is 12.1 Å². The van der Waals surface area contributed by atoms with E-state index in [1.54, 1.807) is 6.07 Å². The first kappa shape index (κ1) is 26.0. The highest BCUT2D eigenvalue weighted by atomic mass is 19.4. The zero-order valence-electron chi connectivity index (χ0n) is 19.6. The Balaban J connectivity index is 1.51. The number of hydrazone groups is 1. The van der Waals surface area contributed by atoms with Gasteiger partial charge in [0.1, 0.15) is 11.4 Å². The van der Waals surface area contributed by atoms with Gasteiger partial charge in [-0.15, -0.1) is 0 Å². The highest BCUT2D eigenvalue weighted by Crippen LogP contribution is 2.31. The molecule has 0 fully saturated rings. The molecule has 0 aliphatic carbocycles. The van der Waals surface area contributed by atoms with Crippen LogP contribution >= 0.6 is 0 Å². The second kappa shape index (κ2) is 12.7. The standard InChI is InChI=1S/C26H29F3N4O2/c1-2-3-4-5-6-9-16-35-21-14-12-19(13-15-21)23-17-24(32-31-23)25(34)33-30-18-20-10-7-8-11-22(20)26(27,28)29/h7-8,10-15,17-18H,2-6,9,16H2,1H3,(H,31,32)(H,33,34). The van der Waals surface area contributed by atoms with Gasteiger partial charge in [-0.1, -0.05) is 57.2 Å². The summed E-state index contributed by atoms with van der Waals surface area (Å²) < 4.78 is 44.9.